The van der Waals surface area contributed by atoms with E-state index in [-0.39, 0.29) is 35.2 Å². The Morgan fingerprint density at radius 1 is 1.14 bits per heavy atom. The van der Waals surface area contributed by atoms with Crippen LogP contribution in [0.3, 0.4) is 0 Å². The lowest BCUT2D eigenvalue weighted by Gasteiger charge is -2.34. The molecule has 1 unspecified atom stereocenters. The van der Waals surface area contributed by atoms with Crippen molar-refractivity contribution in [3.8, 4) is 5.69 Å². The van der Waals surface area contributed by atoms with Gasteiger partial charge >= 0.3 is 0 Å². The third-order valence-corrected chi connectivity index (χ3v) is 8.03. The van der Waals surface area contributed by atoms with Gasteiger partial charge in [0.25, 0.3) is 0 Å². The third-order valence-electron chi connectivity index (χ3n) is 5.37. The van der Waals surface area contributed by atoms with Gasteiger partial charge in [-0.15, -0.1) is 5.10 Å². The van der Waals surface area contributed by atoms with E-state index >= 15 is 0 Å². The van der Waals surface area contributed by atoms with Crippen LogP contribution in [0.5, 0.6) is 0 Å². The van der Waals surface area contributed by atoms with E-state index in [1.165, 1.54) is 11.8 Å². The molecule has 1 amide bonds. The fourth-order valence-electron chi connectivity index (χ4n) is 4.08. The van der Waals surface area contributed by atoms with Crippen LogP contribution in [-0.4, -0.2) is 68.8 Å². The minimum absolute atomic E-state index is 0.0263. The van der Waals surface area contributed by atoms with Gasteiger partial charge in [0.2, 0.25) is 11.1 Å². The number of rotatable bonds is 6. The first-order chi connectivity index (χ1) is 13.5. The number of para-hydroxylation sites is 1. The van der Waals surface area contributed by atoms with Gasteiger partial charge in [0.15, 0.2) is 9.84 Å². The maximum atomic E-state index is 13.1. The molecular weight excluding hydrogens is 398 g/mol. The molecule has 0 spiro atoms. The summed E-state index contributed by atoms with van der Waals surface area (Å²) in [5.74, 6) is 0.428. The van der Waals surface area contributed by atoms with Gasteiger partial charge in [0.1, 0.15) is 0 Å². The van der Waals surface area contributed by atoms with Gasteiger partial charge in [0.05, 0.1) is 22.9 Å². The fraction of sp³-hybridized carbons (Fsp3) is 0.556. The van der Waals surface area contributed by atoms with Gasteiger partial charge in [0, 0.05) is 12.1 Å². The molecule has 28 heavy (non-hydrogen) atoms. The van der Waals surface area contributed by atoms with Crippen molar-refractivity contribution in [3.63, 3.8) is 0 Å². The minimum atomic E-state index is -3.04. The Labute approximate surface area is 168 Å². The molecule has 1 aromatic carbocycles. The SMILES string of the molecule is O=C(CSc1nnnn1-c1ccccc1)N(C1CCCC1)C1CCS(=O)(=O)C1. The highest BCUT2D eigenvalue weighted by atomic mass is 32.2. The number of carbonyl (C=O) groups excluding carboxylic acids is 1. The zero-order chi connectivity index (χ0) is 19.6. The quantitative estimate of drug-likeness (QED) is 0.655. The summed E-state index contributed by atoms with van der Waals surface area (Å²) in [6.45, 7) is 0. The molecule has 1 atom stereocenters. The van der Waals surface area contributed by atoms with Crippen LogP contribution in [0, 0.1) is 0 Å². The first-order valence-electron chi connectivity index (χ1n) is 9.52. The highest BCUT2D eigenvalue weighted by Gasteiger charge is 2.39. The summed E-state index contributed by atoms with van der Waals surface area (Å²) in [6, 6.07) is 9.47. The standard InChI is InChI=1S/C18H23N5O3S2/c24-17(12-27-18-19-20-21-23(18)15-8-2-1-3-9-15)22(14-6-4-5-7-14)16-10-11-28(25,26)13-16/h1-3,8-9,14,16H,4-7,10-13H2. The molecule has 2 heterocycles. The molecule has 1 saturated heterocycles. The lowest BCUT2D eigenvalue weighted by atomic mass is 10.1. The average molecular weight is 422 g/mol. The first kappa shape index (κ1) is 19.4. The summed E-state index contributed by atoms with van der Waals surface area (Å²) in [5.41, 5.74) is 0.831. The zero-order valence-electron chi connectivity index (χ0n) is 15.5. The summed E-state index contributed by atoms with van der Waals surface area (Å²) in [4.78, 5) is 15.0. The van der Waals surface area contributed by atoms with Crippen molar-refractivity contribution in [2.45, 2.75) is 49.3 Å². The van der Waals surface area contributed by atoms with Crippen LogP contribution in [0.1, 0.15) is 32.1 Å². The van der Waals surface area contributed by atoms with Crippen LogP contribution in [0.2, 0.25) is 0 Å². The lowest BCUT2D eigenvalue weighted by Crippen LogP contribution is -2.47. The molecule has 8 nitrogen and oxygen atoms in total. The van der Waals surface area contributed by atoms with E-state index in [2.05, 4.69) is 15.5 Å². The van der Waals surface area contributed by atoms with Gasteiger partial charge < -0.3 is 4.90 Å². The van der Waals surface area contributed by atoms with Crippen molar-refractivity contribution in [2.75, 3.05) is 17.3 Å². The Kier molecular flexibility index (Phi) is 5.68. The Bertz CT molecular complexity index is 926. The van der Waals surface area contributed by atoms with Gasteiger partial charge in [-0.3, -0.25) is 4.79 Å². The van der Waals surface area contributed by atoms with Crippen molar-refractivity contribution < 1.29 is 13.2 Å². The largest absolute Gasteiger partial charge is 0.335 e. The number of aromatic nitrogens is 4. The number of amides is 1. The molecule has 2 aromatic rings. The fourth-order valence-corrected chi connectivity index (χ4v) is 6.56. The predicted molar refractivity (Wildman–Crippen MR) is 106 cm³/mol. The van der Waals surface area contributed by atoms with Crippen molar-refractivity contribution in [2.24, 2.45) is 0 Å². The van der Waals surface area contributed by atoms with Crippen molar-refractivity contribution in [3.05, 3.63) is 30.3 Å². The van der Waals surface area contributed by atoms with E-state index < -0.39 is 9.84 Å². The van der Waals surface area contributed by atoms with E-state index in [1.54, 1.807) is 4.68 Å². The molecule has 1 aliphatic carbocycles. The number of benzene rings is 1. The van der Waals surface area contributed by atoms with Crippen molar-refractivity contribution in [1.29, 1.82) is 0 Å². The normalized spacial score (nSPS) is 21.8. The lowest BCUT2D eigenvalue weighted by molar-refractivity contribution is -0.132. The van der Waals surface area contributed by atoms with Gasteiger partial charge in [-0.2, -0.15) is 4.68 Å². The Hall–Kier alpha value is -1.94. The van der Waals surface area contributed by atoms with Crippen LogP contribution < -0.4 is 0 Å². The highest BCUT2D eigenvalue weighted by molar-refractivity contribution is 7.99. The van der Waals surface area contributed by atoms with E-state index in [0.717, 1.165) is 31.4 Å². The smallest absolute Gasteiger partial charge is 0.233 e. The third kappa shape index (κ3) is 4.22. The molecular formula is C18H23N5O3S2. The Morgan fingerprint density at radius 3 is 2.57 bits per heavy atom. The van der Waals surface area contributed by atoms with Gasteiger partial charge in [-0.05, 0) is 41.8 Å². The number of tetrazole rings is 1. The van der Waals surface area contributed by atoms with Crippen LogP contribution in [-0.2, 0) is 14.6 Å². The second-order valence-corrected chi connectivity index (χ2v) is 10.5. The molecule has 10 heteroatoms. The number of hydrogen-bond donors (Lipinski definition) is 0. The van der Waals surface area contributed by atoms with Crippen molar-refractivity contribution in [1.82, 2.24) is 25.1 Å². The molecule has 0 bridgehead atoms. The van der Waals surface area contributed by atoms with Crippen LogP contribution >= 0.6 is 11.8 Å². The molecule has 0 N–H and O–H groups in total. The van der Waals surface area contributed by atoms with Crippen LogP contribution in [0.15, 0.2) is 35.5 Å². The molecule has 2 fully saturated rings. The molecule has 0 radical (unpaired) electrons. The molecule has 1 aliphatic heterocycles. The van der Waals surface area contributed by atoms with Gasteiger partial charge in [-0.1, -0.05) is 42.8 Å². The Balaban J connectivity index is 1.48. The molecule has 1 saturated carbocycles. The summed E-state index contributed by atoms with van der Waals surface area (Å²) in [7, 11) is -3.04. The van der Waals surface area contributed by atoms with Crippen LogP contribution in [0.4, 0.5) is 0 Å². The summed E-state index contributed by atoms with van der Waals surface area (Å²) in [6.07, 6.45) is 4.63. The number of carbonyl (C=O) groups is 1. The van der Waals surface area contributed by atoms with E-state index in [9.17, 15) is 13.2 Å². The topological polar surface area (TPSA) is 98.1 Å². The molecule has 2 aliphatic rings. The predicted octanol–water partition coefficient (Wildman–Crippen LogP) is 1.71. The first-order valence-corrected chi connectivity index (χ1v) is 12.3. The number of sulfone groups is 1. The maximum absolute atomic E-state index is 13.1. The monoisotopic (exact) mass is 421 g/mol. The zero-order valence-corrected chi connectivity index (χ0v) is 17.1. The molecule has 150 valence electrons. The summed E-state index contributed by atoms with van der Waals surface area (Å²) in [5, 5.41) is 12.3. The number of thioether (sulfide) groups is 1. The van der Waals surface area contributed by atoms with E-state index in [1.807, 2.05) is 35.2 Å². The second-order valence-electron chi connectivity index (χ2n) is 7.29. The van der Waals surface area contributed by atoms with Crippen LogP contribution in [0.25, 0.3) is 5.69 Å². The Morgan fingerprint density at radius 2 is 1.89 bits per heavy atom. The number of nitrogens with zero attached hydrogens (tertiary/aromatic N) is 5. The summed E-state index contributed by atoms with van der Waals surface area (Å²) < 4.78 is 25.5. The molecule has 4 rings (SSSR count). The molecule has 1 aromatic heterocycles. The van der Waals surface area contributed by atoms with E-state index in [4.69, 9.17) is 0 Å². The highest BCUT2D eigenvalue weighted by Crippen LogP contribution is 2.30. The average Bonchev–Trinajstić information content (AvgIpc) is 3.43. The van der Waals surface area contributed by atoms with Crippen molar-refractivity contribution >= 4 is 27.5 Å². The van der Waals surface area contributed by atoms with Gasteiger partial charge in [-0.25, -0.2) is 8.42 Å². The van der Waals surface area contributed by atoms with E-state index in [0.29, 0.717) is 11.6 Å². The minimum Gasteiger partial charge on any atom is -0.335 e. The summed E-state index contributed by atoms with van der Waals surface area (Å²) >= 11 is 1.29. The second kappa shape index (κ2) is 8.20. The maximum Gasteiger partial charge on any atom is 0.233 e. The number of hydrogen-bond acceptors (Lipinski definition) is 7.